The second kappa shape index (κ2) is 14.5. The number of nitrogens with zero attached hydrogens (tertiary/aromatic N) is 1. The van der Waals surface area contributed by atoms with E-state index in [4.69, 9.17) is 4.74 Å². The number of hydrogen-bond donors (Lipinski definition) is 2. The molecule has 38 heavy (non-hydrogen) atoms. The number of nitrogens with one attached hydrogen (secondary N) is 2. The highest BCUT2D eigenvalue weighted by molar-refractivity contribution is 5.93. The van der Waals surface area contributed by atoms with Crippen LogP contribution in [0.1, 0.15) is 117 Å². The molecule has 7 nitrogen and oxygen atoms in total. The summed E-state index contributed by atoms with van der Waals surface area (Å²) in [5.74, 6) is -0.644. The van der Waals surface area contributed by atoms with Gasteiger partial charge in [0.2, 0.25) is 11.8 Å². The Morgan fingerprint density at radius 2 is 1.53 bits per heavy atom. The highest BCUT2D eigenvalue weighted by atomic mass is 16.6. The van der Waals surface area contributed by atoms with Crippen molar-refractivity contribution in [3.63, 3.8) is 0 Å². The molecule has 7 heteroatoms. The lowest BCUT2D eigenvalue weighted by molar-refractivity contribution is -0.144. The number of unbranched alkanes of at least 4 members (excludes halogenated alkanes) is 3. The standard InChI is InChI=1S/C31H53N3O4/c1-12-14-15-16-20-34(28(36)25(21(3)13-2)32-29(37)38-31(9,10)11)26(27(35)33-30(6,7)8)24-22(4)18-17-19-23(24)5/h17-19,21,25-26H,12-16,20H2,1-11H3,(H,32,37)(H,33,35). The van der Waals surface area contributed by atoms with E-state index in [0.717, 1.165) is 42.4 Å². The summed E-state index contributed by atoms with van der Waals surface area (Å²) in [6.07, 6.45) is 3.88. The van der Waals surface area contributed by atoms with Crippen molar-refractivity contribution in [3.05, 3.63) is 34.9 Å². The van der Waals surface area contributed by atoms with Crippen molar-refractivity contribution in [3.8, 4) is 0 Å². The highest BCUT2D eigenvalue weighted by Crippen LogP contribution is 2.30. The first-order valence-electron chi connectivity index (χ1n) is 14.2. The van der Waals surface area contributed by atoms with E-state index in [2.05, 4.69) is 17.6 Å². The minimum Gasteiger partial charge on any atom is -0.444 e. The quantitative estimate of drug-likeness (QED) is 0.297. The van der Waals surface area contributed by atoms with Crippen LogP contribution >= 0.6 is 0 Å². The van der Waals surface area contributed by atoms with Gasteiger partial charge in [0.15, 0.2) is 0 Å². The van der Waals surface area contributed by atoms with E-state index >= 15 is 0 Å². The first-order chi connectivity index (χ1) is 17.5. The molecule has 0 aliphatic heterocycles. The number of alkyl carbamates (subject to hydrolysis) is 1. The molecule has 1 rings (SSSR count). The smallest absolute Gasteiger partial charge is 0.408 e. The Balaban J connectivity index is 3.66. The molecular weight excluding hydrogens is 478 g/mol. The molecule has 216 valence electrons. The van der Waals surface area contributed by atoms with Gasteiger partial charge in [-0.3, -0.25) is 9.59 Å². The first kappa shape index (κ1) is 33.5. The van der Waals surface area contributed by atoms with Crippen LogP contribution in [-0.2, 0) is 14.3 Å². The van der Waals surface area contributed by atoms with Gasteiger partial charge in [0, 0.05) is 12.1 Å². The molecule has 1 aromatic rings. The Kier molecular flexibility index (Phi) is 12.8. The van der Waals surface area contributed by atoms with Crippen LogP contribution in [0.3, 0.4) is 0 Å². The van der Waals surface area contributed by atoms with Gasteiger partial charge in [-0.25, -0.2) is 4.79 Å². The third kappa shape index (κ3) is 10.7. The predicted molar refractivity (Wildman–Crippen MR) is 155 cm³/mol. The van der Waals surface area contributed by atoms with Crippen molar-refractivity contribution >= 4 is 17.9 Å². The van der Waals surface area contributed by atoms with E-state index in [-0.39, 0.29) is 17.7 Å². The van der Waals surface area contributed by atoms with E-state index in [9.17, 15) is 14.4 Å². The van der Waals surface area contributed by atoms with E-state index in [1.54, 1.807) is 25.7 Å². The molecule has 0 saturated carbocycles. The summed E-state index contributed by atoms with van der Waals surface area (Å²) in [5.41, 5.74) is 1.56. The first-order valence-corrected chi connectivity index (χ1v) is 14.2. The van der Waals surface area contributed by atoms with Gasteiger partial charge in [-0.15, -0.1) is 0 Å². The molecule has 0 spiro atoms. The van der Waals surface area contributed by atoms with Gasteiger partial charge in [-0.2, -0.15) is 0 Å². The average molecular weight is 532 g/mol. The summed E-state index contributed by atoms with van der Waals surface area (Å²) in [4.78, 5) is 42.8. The molecule has 0 aliphatic carbocycles. The topological polar surface area (TPSA) is 87.7 Å². The van der Waals surface area contributed by atoms with E-state index in [1.807, 2.05) is 66.7 Å². The summed E-state index contributed by atoms with van der Waals surface area (Å²) < 4.78 is 5.50. The van der Waals surface area contributed by atoms with Gasteiger partial charge in [0.05, 0.1) is 0 Å². The van der Waals surface area contributed by atoms with Gasteiger partial charge < -0.3 is 20.3 Å². The molecule has 0 aromatic heterocycles. The molecule has 0 heterocycles. The Morgan fingerprint density at radius 3 is 2.00 bits per heavy atom. The lowest BCUT2D eigenvalue weighted by Gasteiger charge is -2.38. The Hall–Kier alpha value is -2.57. The van der Waals surface area contributed by atoms with Gasteiger partial charge in [0.1, 0.15) is 17.7 Å². The van der Waals surface area contributed by atoms with Gasteiger partial charge in [-0.1, -0.05) is 64.7 Å². The van der Waals surface area contributed by atoms with Gasteiger partial charge in [-0.05, 0) is 84.4 Å². The normalized spacial score (nSPS) is 14.3. The zero-order valence-electron chi connectivity index (χ0n) is 25.8. The Morgan fingerprint density at radius 1 is 0.947 bits per heavy atom. The van der Waals surface area contributed by atoms with Crippen molar-refractivity contribution in [2.24, 2.45) is 5.92 Å². The zero-order valence-corrected chi connectivity index (χ0v) is 25.8. The Bertz CT molecular complexity index is 910. The van der Waals surface area contributed by atoms with Crippen LogP contribution in [-0.4, -0.2) is 46.5 Å². The van der Waals surface area contributed by atoms with Crippen LogP contribution in [0, 0.1) is 19.8 Å². The fourth-order valence-corrected chi connectivity index (χ4v) is 4.50. The summed E-state index contributed by atoms with van der Waals surface area (Å²) in [5, 5.41) is 5.96. The van der Waals surface area contributed by atoms with Crippen LogP contribution < -0.4 is 10.6 Å². The summed E-state index contributed by atoms with van der Waals surface area (Å²) >= 11 is 0. The zero-order chi connectivity index (χ0) is 29.3. The predicted octanol–water partition coefficient (Wildman–Crippen LogP) is 6.61. The Labute approximate surface area is 231 Å². The SMILES string of the molecule is CCCCCCN(C(=O)C(NC(=O)OC(C)(C)C)C(C)CC)C(C(=O)NC(C)(C)C)c1c(C)cccc1C. The summed E-state index contributed by atoms with van der Waals surface area (Å²) in [6, 6.07) is 4.27. The number of ether oxygens (including phenoxy) is 1. The molecule has 2 N–H and O–H groups in total. The number of carbonyl (C=O) groups excluding carboxylic acids is 3. The van der Waals surface area contributed by atoms with Crippen molar-refractivity contribution < 1.29 is 19.1 Å². The largest absolute Gasteiger partial charge is 0.444 e. The molecule has 3 atom stereocenters. The molecule has 0 saturated heterocycles. The second-order valence-electron chi connectivity index (χ2n) is 12.5. The van der Waals surface area contributed by atoms with E-state index in [1.165, 1.54) is 0 Å². The lowest BCUT2D eigenvalue weighted by Crippen LogP contribution is -2.56. The summed E-state index contributed by atoms with van der Waals surface area (Å²) in [6.45, 7) is 21.6. The second-order valence-corrected chi connectivity index (χ2v) is 12.5. The van der Waals surface area contributed by atoms with Crippen LogP contribution in [0.4, 0.5) is 4.79 Å². The van der Waals surface area contributed by atoms with Crippen molar-refractivity contribution in [2.75, 3.05) is 6.54 Å². The fraction of sp³-hybridized carbons (Fsp3) is 0.710. The van der Waals surface area contributed by atoms with Crippen molar-refractivity contribution in [1.29, 1.82) is 0 Å². The van der Waals surface area contributed by atoms with Crippen molar-refractivity contribution in [1.82, 2.24) is 15.5 Å². The number of aryl methyl sites for hydroxylation is 2. The van der Waals surface area contributed by atoms with Gasteiger partial charge >= 0.3 is 6.09 Å². The van der Waals surface area contributed by atoms with Crippen molar-refractivity contribution in [2.45, 2.75) is 131 Å². The van der Waals surface area contributed by atoms with Crippen LogP contribution in [0.2, 0.25) is 0 Å². The average Bonchev–Trinajstić information content (AvgIpc) is 2.77. The molecule has 3 unspecified atom stereocenters. The number of carbonyl (C=O) groups is 3. The number of benzene rings is 1. The monoisotopic (exact) mass is 531 g/mol. The fourth-order valence-electron chi connectivity index (χ4n) is 4.50. The number of rotatable bonds is 12. The van der Waals surface area contributed by atoms with Crippen LogP contribution in [0.15, 0.2) is 18.2 Å². The number of hydrogen-bond acceptors (Lipinski definition) is 4. The minimum absolute atomic E-state index is 0.155. The third-order valence-corrected chi connectivity index (χ3v) is 6.56. The molecule has 1 aromatic carbocycles. The van der Waals surface area contributed by atoms with Gasteiger partial charge in [0.25, 0.3) is 0 Å². The maximum atomic E-state index is 14.4. The summed E-state index contributed by atoms with van der Waals surface area (Å²) in [7, 11) is 0. The maximum absolute atomic E-state index is 14.4. The highest BCUT2D eigenvalue weighted by Gasteiger charge is 2.39. The molecule has 0 bridgehead atoms. The third-order valence-electron chi connectivity index (χ3n) is 6.56. The molecule has 0 fully saturated rings. The molecular formula is C31H53N3O4. The van der Waals surface area contributed by atoms with E-state index in [0.29, 0.717) is 13.0 Å². The van der Waals surface area contributed by atoms with Crippen LogP contribution in [0.5, 0.6) is 0 Å². The number of amides is 3. The molecule has 3 amide bonds. The lowest BCUT2D eigenvalue weighted by atomic mass is 9.91. The molecule has 0 aliphatic rings. The maximum Gasteiger partial charge on any atom is 0.408 e. The molecule has 0 radical (unpaired) electrons. The minimum atomic E-state index is -0.824. The van der Waals surface area contributed by atoms with E-state index < -0.39 is 29.3 Å². The van der Waals surface area contributed by atoms with Crippen LogP contribution in [0.25, 0.3) is 0 Å².